The van der Waals surface area contributed by atoms with Gasteiger partial charge in [-0.25, -0.2) is 0 Å². The SMILES string of the molecule is CC[Si](CCCCCCOC(C)(C)C)([c-]1ccc2c(-c3ccc4c(c3)c3ccccc3n4C)cccc21)[c-]1c2ccccc2c2c1c1cc(C)ccc1n2C.[Cl][Zr+2][Cl]. The average molecular weight is 901 g/mol. The number of nitrogens with zero attached hydrogens (tertiary/aromatic N) is 2. The van der Waals surface area contributed by atoms with Crippen LogP contribution in [0.3, 0.4) is 0 Å². The van der Waals surface area contributed by atoms with Gasteiger partial charge in [0.25, 0.3) is 0 Å². The van der Waals surface area contributed by atoms with Crippen molar-refractivity contribution in [2.24, 2.45) is 14.1 Å². The molecular formula is C51H54Cl2N2OSiZr. The van der Waals surface area contributed by atoms with Crippen LogP contribution >= 0.6 is 17.0 Å². The van der Waals surface area contributed by atoms with Crippen LogP contribution in [0, 0.1) is 6.92 Å². The third-order valence-electron chi connectivity index (χ3n) is 12.7. The number of aromatic nitrogens is 2. The molecule has 0 amide bonds. The van der Waals surface area contributed by atoms with Crippen molar-refractivity contribution < 1.29 is 25.6 Å². The summed E-state index contributed by atoms with van der Waals surface area (Å²) in [6.07, 6.45) is 4.78. The summed E-state index contributed by atoms with van der Waals surface area (Å²) in [5, 5.41) is 14.5. The van der Waals surface area contributed by atoms with Gasteiger partial charge in [-0.2, -0.15) is 12.1 Å². The van der Waals surface area contributed by atoms with Crippen molar-refractivity contribution in [3.8, 4) is 11.1 Å². The van der Waals surface area contributed by atoms with Gasteiger partial charge in [0.1, 0.15) is 0 Å². The summed E-state index contributed by atoms with van der Waals surface area (Å²) in [4.78, 5) is 0. The molecule has 9 rings (SSSR count). The van der Waals surface area contributed by atoms with E-state index < -0.39 is 28.9 Å². The molecular weight excluding hydrogens is 847 g/mol. The van der Waals surface area contributed by atoms with Crippen LogP contribution < -0.4 is 10.4 Å². The number of ether oxygens (including phenoxy) is 1. The van der Waals surface area contributed by atoms with Crippen molar-refractivity contribution >= 4 is 101 Å². The molecule has 1 unspecified atom stereocenters. The Balaban J connectivity index is 0.00000152. The molecule has 7 aromatic carbocycles. The Morgan fingerprint density at radius 2 is 1.34 bits per heavy atom. The molecule has 0 saturated heterocycles. The van der Waals surface area contributed by atoms with Gasteiger partial charge in [-0.3, -0.25) is 0 Å². The van der Waals surface area contributed by atoms with Gasteiger partial charge in [0.2, 0.25) is 0 Å². The second kappa shape index (κ2) is 16.9. The zero-order valence-electron chi connectivity index (χ0n) is 35.0. The monoisotopic (exact) mass is 898 g/mol. The molecule has 0 aliphatic carbocycles. The summed E-state index contributed by atoms with van der Waals surface area (Å²) >= 11 is -0.826. The maximum absolute atomic E-state index is 6.11. The quantitative estimate of drug-likeness (QED) is 0.0719. The first-order valence-corrected chi connectivity index (χ1v) is 29.6. The van der Waals surface area contributed by atoms with Gasteiger partial charge < -0.3 is 13.9 Å². The van der Waals surface area contributed by atoms with Gasteiger partial charge in [0.05, 0.1) is 5.60 Å². The summed E-state index contributed by atoms with van der Waals surface area (Å²) < 4.78 is 10.9. The first-order valence-electron chi connectivity index (χ1n) is 20.9. The molecule has 0 N–H and O–H groups in total. The third kappa shape index (κ3) is 7.28. The Morgan fingerprint density at radius 3 is 2.12 bits per heavy atom. The van der Waals surface area contributed by atoms with E-state index in [-0.39, 0.29) is 5.60 Å². The van der Waals surface area contributed by atoms with E-state index in [1.807, 2.05) is 0 Å². The summed E-state index contributed by atoms with van der Waals surface area (Å²) in [5.74, 6) is 0. The van der Waals surface area contributed by atoms with E-state index in [0.717, 1.165) is 19.1 Å². The number of benzene rings is 5. The topological polar surface area (TPSA) is 19.1 Å². The second-order valence-electron chi connectivity index (χ2n) is 17.2. The van der Waals surface area contributed by atoms with Crippen molar-refractivity contribution in [1.29, 1.82) is 0 Å². The predicted molar refractivity (Wildman–Crippen MR) is 253 cm³/mol. The van der Waals surface area contributed by atoms with Crippen molar-refractivity contribution in [3.05, 3.63) is 121 Å². The van der Waals surface area contributed by atoms with E-state index in [4.69, 9.17) is 21.8 Å². The van der Waals surface area contributed by atoms with Gasteiger partial charge in [-0.1, -0.05) is 126 Å². The molecule has 0 fully saturated rings. The molecule has 296 valence electrons. The van der Waals surface area contributed by atoms with Crippen LogP contribution in [0.15, 0.2) is 115 Å². The molecule has 58 heavy (non-hydrogen) atoms. The number of fused-ring (bicyclic) bond motifs is 9. The molecule has 2 aromatic heterocycles. The van der Waals surface area contributed by atoms with E-state index in [1.54, 1.807) is 10.4 Å². The number of aryl methyl sites for hydroxylation is 3. The third-order valence-corrected chi connectivity index (χ3v) is 18.1. The summed E-state index contributed by atoms with van der Waals surface area (Å²) in [6, 6.07) is 46.8. The van der Waals surface area contributed by atoms with E-state index in [9.17, 15) is 0 Å². The molecule has 3 nitrogen and oxygen atoms in total. The number of hydrogen-bond acceptors (Lipinski definition) is 1. The Morgan fingerprint density at radius 1 is 0.672 bits per heavy atom. The van der Waals surface area contributed by atoms with Crippen LogP contribution in [0.25, 0.3) is 76.3 Å². The fraction of sp³-hybridized carbons (Fsp3) is 0.294. The molecule has 0 bridgehead atoms. The van der Waals surface area contributed by atoms with Crippen molar-refractivity contribution in [3.63, 3.8) is 0 Å². The number of rotatable bonds is 11. The van der Waals surface area contributed by atoms with Gasteiger partial charge in [0, 0.05) is 56.1 Å². The number of unbranched alkanes of at least 4 members (excludes halogenated alkanes) is 3. The van der Waals surface area contributed by atoms with Crippen LogP contribution in [0.1, 0.15) is 58.9 Å². The Kier molecular flexibility index (Phi) is 12.0. The summed E-state index contributed by atoms with van der Waals surface area (Å²) in [7, 11) is 12.0. The van der Waals surface area contributed by atoms with Gasteiger partial charge in [-0.15, -0.1) is 44.7 Å². The Bertz CT molecular complexity index is 2910. The van der Waals surface area contributed by atoms with E-state index >= 15 is 0 Å². The van der Waals surface area contributed by atoms with Crippen LogP contribution in [0.5, 0.6) is 0 Å². The molecule has 9 aromatic rings. The van der Waals surface area contributed by atoms with Gasteiger partial charge >= 0.3 is 37.9 Å². The molecule has 7 heteroatoms. The van der Waals surface area contributed by atoms with E-state index in [0.29, 0.717) is 0 Å². The number of hydrogen-bond donors (Lipinski definition) is 0. The maximum atomic E-state index is 6.11. The first-order chi connectivity index (χ1) is 28.0. The normalized spacial score (nSPS) is 13.2. The fourth-order valence-electron chi connectivity index (χ4n) is 10.1. The van der Waals surface area contributed by atoms with Gasteiger partial charge in [0.15, 0.2) is 0 Å². The summed E-state index contributed by atoms with van der Waals surface area (Å²) in [6.45, 7) is 12.1. The molecule has 0 radical (unpaired) electrons. The Labute approximate surface area is 363 Å². The van der Waals surface area contributed by atoms with Crippen LogP contribution in [0.4, 0.5) is 0 Å². The molecule has 0 aliphatic rings. The Hall–Kier alpha value is -3.44. The fourth-order valence-corrected chi connectivity index (χ4v) is 15.4. The van der Waals surface area contributed by atoms with Crippen molar-refractivity contribution in [2.75, 3.05) is 6.61 Å². The minimum absolute atomic E-state index is 0.0797. The molecule has 0 saturated carbocycles. The van der Waals surface area contributed by atoms with Crippen LogP contribution in [-0.2, 0) is 39.7 Å². The van der Waals surface area contributed by atoms with Gasteiger partial charge in [-0.05, 0) is 69.5 Å². The number of para-hydroxylation sites is 1. The van der Waals surface area contributed by atoms with E-state index in [2.05, 4.69) is 173 Å². The van der Waals surface area contributed by atoms with Crippen LogP contribution in [0.2, 0.25) is 12.1 Å². The molecule has 2 heterocycles. The minimum atomic E-state index is -2.38. The molecule has 0 spiro atoms. The summed E-state index contributed by atoms with van der Waals surface area (Å²) in [5.41, 5.74) is 9.15. The molecule has 1 atom stereocenters. The van der Waals surface area contributed by atoms with Crippen molar-refractivity contribution in [2.45, 2.75) is 78.0 Å². The zero-order valence-corrected chi connectivity index (χ0v) is 39.9. The number of halogens is 2. The standard InChI is InChI=1S/C51H54N2OSi.2ClH.Zr/c1-8-55(31-16-10-9-15-30-54-51(3,4)5,50-41-20-12-11-19-40(41)49-48(50)43-32-34(2)24-27-46(43)53(49)7)47-29-26-37-36(21-17-22-39(37)47)35-25-28-45-42(33-35)38-18-13-14-23-44(38)52(45)6;;;/h11-14,17-29,32-33H,8-10,15-16,30-31H2,1-7H3;2*1H;/q-2;;;+4/p-2. The zero-order chi connectivity index (χ0) is 40.8. The van der Waals surface area contributed by atoms with Crippen LogP contribution in [-0.4, -0.2) is 29.4 Å². The first kappa shape index (κ1) is 41.3. The molecule has 0 aliphatic heterocycles. The van der Waals surface area contributed by atoms with Crippen molar-refractivity contribution in [1.82, 2.24) is 9.13 Å². The second-order valence-corrected chi connectivity index (χ2v) is 25.3. The predicted octanol–water partition coefficient (Wildman–Crippen LogP) is 14.0. The van der Waals surface area contributed by atoms with E-state index in [1.165, 1.54) is 107 Å². The average Bonchev–Trinajstić information content (AvgIpc) is 3.96.